The Hall–Kier alpha value is -2.58. The van der Waals surface area contributed by atoms with Gasteiger partial charge in [0.2, 0.25) is 10.0 Å². The summed E-state index contributed by atoms with van der Waals surface area (Å²) in [6.07, 6.45) is -0.437. The predicted molar refractivity (Wildman–Crippen MR) is 94.0 cm³/mol. The molecule has 0 radical (unpaired) electrons. The number of carbonyl (C=O) groups excluding carboxylic acids is 1. The molecule has 1 aliphatic heterocycles. The number of nitrogens with zero attached hydrogens (tertiary/aromatic N) is 1. The van der Waals surface area contributed by atoms with Gasteiger partial charge in [-0.25, -0.2) is 13.2 Å². The summed E-state index contributed by atoms with van der Waals surface area (Å²) in [6, 6.07) is 13.0. The highest BCUT2D eigenvalue weighted by Gasteiger charge is 2.28. The summed E-state index contributed by atoms with van der Waals surface area (Å²) in [7, 11) is -1.08. The van der Waals surface area contributed by atoms with Gasteiger partial charge in [-0.15, -0.1) is 0 Å². The van der Waals surface area contributed by atoms with Crippen LogP contribution in [-0.2, 0) is 14.8 Å². The fourth-order valence-corrected chi connectivity index (χ4v) is 3.87. The van der Waals surface area contributed by atoms with Gasteiger partial charge in [-0.2, -0.15) is 4.31 Å². The van der Waals surface area contributed by atoms with Crippen LogP contribution in [0.5, 0.6) is 11.5 Å². The van der Waals surface area contributed by atoms with Crippen molar-refractivity contribution in [3.8, 4) is 11.5 Å². The van der Waals surface area contributed by atoms with E-state index in [9.17, 15) is 13.2 Å². The van der Waals surface area contributed by atoms with Gasteiger partial charge in [0.1, 0.15) is 12.7 Å². The summed E-state index contributed by atoms with van der Waals surface area (Å²) in [4.78, 5) is 11.6. The van der Waals surface area contributed by atoms with E-state index in [1.54, 1.807) is 12.1 Å². The van der Waals surface area contributed by atoms with Crippen LogP contribution in [0.25, 0.3) is 0 Å². The molecule has 26 heavy (non-hydrogen) atoms. The summed E-state index contributed by atoms with van der Waals surface area (Å²) < 4.78 is 42.8. The summed E-state index contributed by atoms with van der Waals surface area (Å²) >= 11 is 0. The fraction of sp³-hybridized carbons (Fsp3) is 0.278. The molecule has 1 heterocycles. The quantitative estimate of drug-likeness (QED) is 0.741. The third-order valence-electron chi connectivity index (χ3n) is 3.99. The molecular weight excluding hydrogens is 358 g/mol. The Balaban J connectivity index is 1.75. The minimum absolute atomic E-state index is 0.0139. The minimum Gasteiger partial charge on any atom is -0.486 e. The second kappa shape index (κ2) is 7.35. The van der Waals surface area contributed by atoms with Crippen LogP contribution in [0.4, 0.5) is 0 Å². The molecule has 0 bridgehead atoms. The lowest BCUT2D eigenvalue weighted by Gasteiger charge is -2.29. The van der Waals surface area contributed by atoms with Gasteiger partial charge >= 0.3 is 5.97 Å². The first-order valence-corrected chi connectivity index (χ1v) is 9.39. The van der Waals surface area contributed by atoms with Crippen LogP contribution in [0.3, 0.4) is 0 Å². The van der Waals surface area contributed by atoms with Crippen molar-refractivity contribution in [2.75, 3.05) is 27.3 Å². The molecule has 2 aromatic rings. The fourth-order valence-electron chi connectivity index (χ4n) is 2.62. The van der Waals surface area contributed by atoms with Crippen LogP contribution < -0.4 is 9.47 Å². The largest absolute Gasteiger partial charge is 0.486 e. The van der Waals surface area contributed by atoms with Crippen molar-refractivity contribution in [2.24, 2.45) is 0 Å². The lowest BCUT2D eigenvalue weighted by atomic mass is 10.2. The standard InChI is InChI=1S/C18H19NO6S/c1-19(11-14-12-24-16-8-3-4-9-17(16)25-14)26(21,22)15-7-5-6-13(10-15)18(20)23-2/h3-10,14H,11-12H2,1-2H3/t14-/m0/s1. The molecule has 0 saturated heterocycles. The monoisotopic (exact) mass is 377 g/mol. The third kappa shape index (κ3) is 3.66. The second-order valence-corrected chi connectivity index (χ2v) is 7.85. The Kier molecular flexibility index (Phi) is 5.15. The zero-order valence-electron chi connectivity index (χ0n) is 14.4. The number of para-hydroxylation sites is 2. The van der Waals surface area contributed by atoms with Crippen LogP contribution in [0.2, 0.25) is 0 Å². The Morgan fingerprint density at radius 1 is 1.19 bits per heavy atom. The Bertz CT molecular complexity index is 911. The molecule has 8 heteroatoms. The maximum atomic E-state index is 12.8. The number of sulfonamides is 1. The lowest BCUT2D eigenvalue weighted by molar-refractivity contribution is 0.0600. The smallest absolute Gasteiger partial charge is 0.337 e. The summed E-state index contributed by atoms with van der Waals surface area (Å²) in [5.41, 5.74) is 0.174. The highest BCUT2D eigenvalue weighted by atomic mass is 32.2. The Morgan fingerprint density at radius 3 is 2.65 bits per heavy atom. The zero-order chi connectivity index (χ0) is 18.7. The van der Waals surface area contributed by atoms with Gasteiger partial charge in [0.25, 0.3) is 0 Å². The van der Waals surface area contributed by atoms with E-state index in [0.29, 0.717) is 11.5 Å². The van der Waals surface area contributed by atoms with Gasteiger partial charge in [0.05, 0.1) is 24.1 Å². The SMILES string of the molecule is COC(=O)c1cccc(S(=O)(=O)N(C)C[C@H]2COc3ccccc3O2)c1. The zero-order valence-corrected chi connectivity index (χ0v) is 15.2. The number of carbonyl (C=O) groups is 1. The van der Waals surface area contributed by atoms with Gasteiger partial charge < -0.3 is 14.2 Å². The van der Waals surface area contributed by atoms with E-state index >= 15 is 0 Å². The molecule has 0 N–H and O–H groups in total. The van der Waals surface area contributed by atoms with E-state index < -0.39 is 22.1 Å². The van der Waals surface area contributed by atoms with Crippen LogP contribution in [-0.4, -0.2) is 52.1 Å². The third-order valence-corrected chi connectivity index (χ3v) is 5.81. The van der Waals surface area contributed by atoms with E-state index in [4.69, 9.17) is 9.47 Å². The normalized spacial score (nSPS) is 16.3. The molecule has 138 valence electrons. The van der Waals surface area contributed by atoms with Gasteiger partial charge in [-0.05, 0) is 30.3 Å². The highest BCUT2D eigenvalue weighted by molar-refractivity contribution is 7.89. The number of hydrogen-bond donors (Lipinski definition) is 0. The van der Waals surface area contributed by atoms with Gasteiger partial charge in [-0.3, -0.25) is 0 Å². The summed E-state index contributed by atoms with van der Waals surface area (Å²) in [6.45, 7) is 0.359. The lowest BCUT2D eigenvalue weighted by Crippen LogP contribution is -2.41. The Labute approximate surface area is 152 Å². The number of esters is 1. The predicted octanol–water partition coefficient (Wildman–Crippen LogP) is 1.93. The summed E-state index contributed by atoms with van der Waals surface area (Å²) in [5, 5.41) is 0. The molecule has 7 nitrogen and oxygen atoms in total. The van der Waals surface area contributed by atoms with Gasteiger partial charge in [-0.1, -0.05) is 18.2 Å². The van der Waals surface area contributed by atoms with Crippen LogP contribution >= 0.6 is 0 Å². The molecule has 0 fully saturated rings. The first-order chi connectivity index (χ1) is 12.4. The molecule has 1 atom stereocenters. The van der Waals surface area contributed by atoms with Gasteiger partial charge in [0.15, 0.2) is 11.5 Å². The van der Waals surface area contributed by atoms with E-state index in [0.717, 1.165) is 0 Å². The second-order valence-electron chi connectivity index (χ2n) is 5.80. The van der Waals surface area contributed by atoms with Crippen LogP contribution in [0, 0.1) is 0 Å². The molecule has 0 spiro atoms. The average Bonchev–Trinajstić information content (AvgIpc) is 2.67. The minimum atomic E-state index is -3.79. The molecule has 3 rings (SSSR count). The van der Waals surface area contributed by atoms with Crippen molar-refractivity contribution in [3.63, 3.8) is 0 Å². The average molecular weight is 377 g/mol. The number of likely N-dealkylation sites (N-methyl/N-ethyl adjacent to an activating group) is 1. The van der Waals surface area contributed by atoms with Crippen LogP contribution in [0.15, 0.2) is 53.4 Å². The van der Waals surface area contributed by atoms with Crippen molar-refractivity contribution in [1.29, 1.82) is 0 Å². The van der Waals surface area contributed by atoms with Crippen molar-refractivity contribution in [1.82, 2.24) is 4.31 Å². The van der Waals surface area contributed by atoms with Crippen molar-refractivity contribution in [2.45, 2.75) is 11.0 Å². The van der Waals surface area contributed by atoms with E-state index in [1.165, 1.54) is 42.7 Å². The first-order valence-electron chi connectivity index (χ1n) is 7.95. The molecular formula is C18H19NO6S. The molecule has 0 unspecified atom stereocenters. The summed E-state index contributed by atoms with van der Waals surface area (Å²) in [5.74, 6) is 0.632. The molecule has 0 amide bonds. The topological polar surface area (TPSA) is 82.1 Å². The maximum Gasteiger partial charge on any atom is 0.337 e. The van der Waals surface area contributed by atoms with Crippen molar-refractivity contribution >= 4 is 16.0 Å². The number of hydrogen-bond acceptors (Lipinski definition) is 6. The number of methoxy groups -OCH3 is 1. The number of benzene rings is 2. The first kappa shape index (κ1) is 18.2. The maximum absolute atomic E-state index is 12.8. The number of rotatable bonds is 5. The molecule has 0 aromatic heterocycles. The number of ether oxygens (including phenoxy) is 3. The molecule has 0 aliphatic carbocycles. The van der Waals surface area contributed by atoms with Gasteiger partial charge in [0, 0.05) is 7.05 Å². The number of fused-ring (bicyclic) bond motifs is 1. The van der Waals surface area contributed by atoms with E-state index in [-0.39, 0.29) is 23.6 Å². The highest BCUT2D eigenvalue weighted by Crippen LogP contribution is 2.31. The molecule has 0 saturated carbocycles. The van der Waals surface area contributed by atoms with Crippen LogP contribution in [0.1, 0.15) is 10.4 Å². The van der Waals surface area contributed by atoms with Crippen molar-refractivity contribution < 1.29 is 27.4 Å². The Morgan fingerprint density at radius 2 is 1.92 bits per heavy atom. The molecule has 2 aromatic carbocycles. The van der Waals surface area contributed by atoms with E-state index in [2.05, 4.69) is 4.74 Å². The molecule has 1 aliphatic rings. The van der Waals surface area contributed by atoms with Crippen molar-refractivity contribution in [3.05, 3.63) is 54.1 Å². The van der Waals surface area contributed by atoms with E-state index in [1.807, 2.05) is 12.1 Å².